The fourth-order valence-corrected chi connectivity index (χ4v) is 5.45. The molecule has 1 rings (SSSR count). The third-order valence-electron chi connectivity index (χ3n) is 8.29. The number of esters is 2. The second kappa shape index (κ2) is 26.2. The number of aliphatic hydroxyl groups is 3. The Morgan fingerprint density at radius 3 is 1.33 bits per heavy atom. The van der Waals surface area contributed by atoms with Crippen molar-refractivity contribution in [2.24, 2.45) is 0 Å². The van der Waals surface area contributed by atoms with Gasteiger partial charge < -0.3 is 29.5 Å². The third-order valence-corrected chi connectivity index (χ3v) is 8.29. The molecule has 0 unspecified atom stereocenters. The third kappa shape index (κ3) is 19.1. The van der Waals surface area contributed by atoms with Crippen LogP contribution in [0.2, 0.25) is 0 Å². The van der Waals surface area contributed by atoms with Crippen molar-refractivity contribution in [2.45, 2.75) is 199 Å². The standard InChI is InChI=1S/C34H64O8/c1-3-5-7-9-11-13-15-17-19-21-23-25-29(35)40-27-28-31(37)32(38)33(39)34(41-28)42-30(36)26-24-22-20-18-16-14-12-10-8-6-4-2/h28,31-34,37-39H,3-27H2,1-2H3/t28-,31-,32+,33-,34-/m1/s1. The maximum Gasteiger partial charge on any atom is 0.308 e. The Bertz CT molecular complexity index is 655. The Labute approximate surface area is 256 Å². The van der Waals surface area contributed by atoms with Crippen molar-refractivity contribution in [3.05, 3.63) is 0 Å². The van der Waals surface area contributed by atoms with Crippen molar-refractivity contribution >= 4 is 11.9 Å². The van der Waals surface area contributed by atoms with Crippen molar-refractivity contribution < 1.29 is 39.1 Å². The molecule has 0 aromatic carbocycles. The van der Waals surface area contributed by atoms with Crippen LogP contribution in [0, 0.1) is 0 Å². The number of carbonyl (C=O) groups is 2. The first-order chi connectivity index (χ1) is 20.4. The molecule has 1 aliphatic heterocycles. The van der Waals surface area contributed by atoms with E-state index in [0.29, 0.717) is 6.42 Å². The van der Waals surface area contributed by atoms with Crippen molar-refractivity contribution in [3.63, 3.8) is 0 Å². The molecule has 1 aliphatic rings. The molecule has 0 radical (unpaired) electrons. The molecule has 1 fully saturated rings. The van der Waals surface area contributed by atoms with Crippen molar-refractivity contribution in [1.29, 1.82) is 0 Å². The first-order valence-electron chi connectivity index (χ1n) is 17.4. The molecule has 3 N–H and O–H groups in total. The second-order valence-corrected chi connectivity index (χ2v) is 12.3. The lowest BCUT2D eigenvalue weighted by atomic mass is 9.99. The summed E-state index contributed by atoms with van der Waals surface area (Å²) in [7, 11) is 0. The van der Waals surface area contributed by atoms with E-state index in [1.807, 2.05) is 0 Å². The maximum atomic E-state index is 12.3. The van der Waals surface area contributed by atoms with Crippen LogP contribution in [0.25, 0.3) is 0 Å². The van der Waals surface area contributed by atoms with E-state index < -0.39 is 42.6 Å². The van der Waals surface area contributed by atoms with Gasteiger partial charge in [0.2, 0.25) is 6.29 Å². The number of rotatable bonds is 27. The zero-order valence-electron chi connectivity index (χ0n) is 26.9. The van der Waals surface area contributed by atoms with Crippen molar-refractivity contribution in [3.8, 4) is 0 Å². The van der Waals surface area contributed by atoms with Crippen LogP contribution in [-0.4, -0.2) is 64.6 Å². The zero-order valence-corrected chi connectivity index (χ0v) is 26.9. The molecule has 0 aromatic rings. The fourth-order valence-electron chi connectivity index (χ4n) is 5.45. The van der Waals surface area contributed by atoms with Crippen LogP contribution in [0.4, 0.5) is 0 Å². The highest BCUT2D eigenvalue weighted by Crippen LogP contribution is 2.23. The number of aliphatic hydroxyl groups excluding tert-OH is 3. The first kappa shape index (κ1) is 38.8. The Balaban J connectivity index is 2.16. The van der Waals surface area contributed by atoms with Gasteiger partial charge in [-0.25, -0.2) is 0 Å². The Morgan fingerprint density at radius 2 is 0.905 bits per heavy atom. The highest BCUT2D eigenvalue weighted by molar-refractivity contribution is 5.69. The van der Waals surface area contributed by atoms with Gasteiger partial charge in [-0.05, 0) is 12.8 Å². The Morgan fingerprint density at radius 1 is 0.524 bits per heavy atom. The van der Waals surface area contributed by atoms with Crippen LogP contribution in [-0.2, 0) is 23.8 Å². The van der Waals surface area contributed by atoms with Gasteiger partial charge in [0.25, 0.3) is 0 Å². The predicted octanol–water partition coefficient (Wildman–Crippen LogP) is 7.28. The molecule has 42 heavy (non-hydrogen) atoms. The van der Waals surface area contributed by atoms with Gasteiger partial charge in [-0.15, -0.1) is 0 Å². The summed E-state index contributed by atoms with van der Waals surface area (Å²) >= 11 is 0. The first-order valence-corrected chi connectivity index (χ1v) is 17.4. The summed E-state index contributed by atoms with van der Waals surface area (Å²) < 4.78 is 16.1. The van der Waals surface area contributed by atoms with E-state index in [9.17, 15) is 24.9 Å². The second-order valence-electron chi connectivity index (χ2n) is 12.3. The van der Waals surface area contributed by atoms with E-state index in [4.69, 9.17) is 14.2 Å². The number of carbonyl (C=O) groups excluding carboxylic acids is 2. The quantitative estimate of drug-likeness (QED) is 0.0664. The van der Waals surface area contributed by atoms with Gasteiger partial charge in [-0.2, -0.15) is 0 Å². The molecular weight excluding hydrogens is 536 g/mol. The summed E-state index contributed by atoms with van der Waals surface area (Å²) in [5.41, 5.74) is 0. The van der Waals surface area contributed by atoms with E-state index in [-0.39, 0.29) is 19.4 Å². The molecular formula is C34H64O8. The molecule has 1 heterocycles. The monoisotopic (exact) mass is 600 g/mol. The summed E-state index contributed by atoms with van der Waals surface area (Å²) in [6, 6.07) is 0. The molecule has 0 spiro atoms. The average Bonchev–Trinajstić information content (AvgIpc) is 2.98. The number of ether oxygens (including phenoxy) is 3. The average molecular weight is 601 g/mol. The topological polar surface area (TPSA) is 123 Å². The van der Waals surface area contributed by atoms with E-state index >= 15 is 0 Å². The van der Waals surface area contributed by atoms with Crippen LogP contribution in [0.5, 0.6) is 0 Å². The van der Waals surface area contributed by atoms with E-state index in [1.165, 1.54) is 96.3 Å². The van der Waals surface area contributed by atoms with Gasteiger partial charge in [-0.1, -0.05) is 142 Å². The molecule has 248 valence electrons. The number of hydrogen-bond acceptors (Lipinski definition) is 8. The molecule has 0 aromatic heterocycles. The van der Waals surface area contributed by atoms with Crippen LogP contribution in [0.15, 0.2) is 0 Å². The van der Waals surface area contributed by atoms with Gasteiger partial charge in [0.05, 0.1) is 0 Å². The normalized spacial score (nSPS) is 22.3. The smallest absolute Gasteiger partial charge is 0.308 e. The van der Waals surface area contributed by atoms with Crippen LogP contribution in [0.1, 0.15) is 168 Å². The minimum absolute atomic E-state index is 0.195. The van der Waals surface area contributed by atoms with Gasteiger partial charge in [0, 0.05) is 12.8 Å². The van der Waals surface area contributed by atoms with Crippen LogP contribution < -0.4 is 0 Å². The molecule has 0 saturated carbocycles. The van der Waals surface area contributed by atoms with Gasteiger partial charge >= 0.3 is 11.9 Å². The Kier molecular flexibility index (Phi) is 24.2. The van der Waals surface area contributed by atoms with Gasteiger partial charge in [-0.3, -0.25) is 9.59 Å². The van der Waals surface area contributed by atoms with Crippen LogP contribution in [0.3, 0.4) is 0 Å². The summed E-state index contributed by atoms with van der Waals surface area (Å²) in [6.07, 6.45) is 19.4. The van der Waals surface area contributed by atoms with E-state index in [1.54, 1.807) is 0 Å². The Hall–Kier alpha value is -1.22. The SMILES string of the molecule is CCCCCCCCCCCCCC(=O)OC[C@H]1O[C@H](OC(=O)CCCCCCCCCCCCC)[C@H](O)[C@@H](O)[C@@H]1O. The molecule has 0 amide bonds. The summed E-state index contributed by atoms with van der Waals surface area (Å²) in [6.45, 7) is 4.17. The van der Waals surface area contributed by atoms with Crippen molar-refractivity contribution in [1.82, 2.24) is 0 Å². The summed E-state index contributed by atoms with van der Waals surface area (Å²) in [5.74, 6) is -0.918. The number of hydrogen-bond donors (Lipinski definition) is 3. The molecule has 1 saturated heterocycles. The molecule has 0 aliphatic carbocycles. The highest BCUT2D eigenvalue weighted by atomic mass is 16.7. The summed E-state index contributed by atoms with van der Waals surface area (Å²) in [4.78, 5) is 24.5. The molecule has 8 nitrogen and oxygen atoms in total. The fraction of sp³-hybridized carbons (Fsp3) is 0.941. The molecule has 5 atom stereocenters. The zero-order chi connectivity index (χ0) is 30.8. The van der Waals surface area contributed by atoms with Gasteiger partial charge in [0.15, 0.2) is 0 Å². The van der Waals surface area contributed by atoms with Crippen molar-refractivity contribution in [2.75, 3.05) is 6.61 Å². The molecule has 0 bridgehead atoms. The maximum absolute atomic E-state index is 12.3. The van der Waals surface area contributed by atoms with E-state index in [0.717, 1.165) is 38.5 Å². The predicted molar refractivity (Wildman–Crippen MR) is 166 cm³/mol. The lowest BCUT2D eigenvalue weighted by Crippen LogP contribution is -2.59. The highest BCUT2D eigenvalue weighted by Gasteiger charge is 2.46. The van der Waals surface area contributed by atoms with E-state index in [2.05, 4.69) is 13.8 Å². The number of unbranched alkanes of at least 4 members (excludes halogenated alkanes) is 20. The lowest BCUT2D eigenvalue weighted by Gasteiger charge is -2.39. The van der Waals surface area contributed by atoms with Crippen LogP contribution >= 0.6 is 0 Å². The lowest BCUT2D eigenvalue weighted by molar-refractivity contribution is -0.293. The summed E-state index contributed by atoms with van der Waals surface area (Å²) in [5, 5.41) is 30.8. The molecule has 8 heteroatoms. The van der Waals surface area contributed by atoms with Gasteiger partial charge in [0.1, 0.15) is 31.0 Å². The minimum atomic E-state index is -1.58. The minimum Gasteiger partial charge on any atom is -0.463 e. The largest absolute Gasteiger partial charge is 0.463 e.